The van der Waals surface area contributed by atoms with Crippen molar-refractivity contribution in [1.82, 2.24) is 5.32 Å². The van der Waals surface area contributed by atoms with Crippen molar-refractivity contribution in [2.75, 3.05) is 7.05 Å². The maximum absolute atomic E-state index is 5.98. The first-order chi connectivity index (χ1) is 7.70. The number of nitrogens with one attached hydrogen (secondary N) is 1. The van der Waals surface area contributed by atoms with E-state index in [2.05, 4.69) is 5.32 Å². The molecule has 84 valence electrons. The highest BCUT2D eigenvalue weighted by Crippen LogP contribution is 2.25. The third kappa shape index (κ3) is 2.29. The minimum atomic E-state index is 0.0485. The lowest BCUT2D eigenvalue weighted by Crippen LogP contribution is -2.16. The van der Waals surface area contributed by atoms with Crippen LogP contribution >= 0.6 is 11.6 Å². The molecule has 16 heavy (non-hydrogen) atoms. The molecular weight excluding hydrogens is 222 g/mol. The summed E-state index contributed by atoms with van der Waals surface area (Å²) in [5, 5.41) is 3.96. The van der Waals surface area contributed by atoms with E-state index in [0.717, 1.165) is 22.1 Å². The summed E-state index contributed by atoms with van der Waals surface area (Å²) in [7, 11) is 1.91. The summed E-state index contributed by atoms with van der Waals surface area (Å²) in [6.45, 7) is 1.94. The van der Waals surface area contributed by atoms with Gasteiger partial charge in [0.2, 0.25) is 0 Å². The van der Waals surface area contributed by atoms with E-state index in [0.29, 0.717) is 0 Å². The lowest BCUT2D eigenvalue weighted by molar-refractivity contribution is 0.444. The average molecular weight is 236 g/mol. The number of hydrogen-bond donors (Lipinski definition) is 1. The van der Waals surface area contributed by atoms with E-state index >= 15 is 0 Å². The van der Waals surface area contributed by atoms with E-state index in [1.165, 1.54) is 0 Å². The van der Waals surface area contributed by atoms with Crippen LogP contribution in [0.15, 0.2) is 40.8 Å². The minimum Gasteiger partial charge on any atom is -0.464 e. The fourth-order valence-electron chi connectivity index (χ4n) is 1.77. The molecule has 0 aliphatic rings. The molecule has 0 amide bonds. The van der Waals surface area contributed by atoms with E-state index in [4.69, 9.17) is 16.0 Å². The first kappa shape index (κ1) is 11.2. The minimum absolute atomic E-state index is 0.0485. The zero-order valence-electron chi connectivity index (χ0n) is 9.33. The number of rotatable bonds is 3. The molecule has 1 unspecified atom stereocenters. The molecular formula is C13H14ClNO. The van der Waals surface area contributed by atoms with Gasteiger partial charge in [0.25, 0.3) is 0 Å². The molecule has 3 heteroatoms. The summed E-state index contributed by atoms with van der Waals surface area (Å²) in [5.41, 5.74) is 1.10. The maximum atomic E-state index is 5.98. The lowest BCUT2D eigenvalue weighted by Gasteiger charge is -2.14. The van der Waals surface area contributed by atoms with E-state index < -0.39 is 0 Å². The predicted octanol–water partition coefficient (Wildman–Crippen LogP) is 3.55. The highest BCUT2D eigenvalue weighted by Gasteiger charge is 2.15. The van der Waals surface area contributed by atoms with Crippen LogP contribution in [-0.4, -0.2) is 7.05 Å². The van der Waals surface area contributed by atoms with Crippen molar-refractivity contribution in [2.24, 2.45) is 0 Å². The SMILES string of the molecule is CNC(c1cccc(Cl)c1)c1ccc(C)o1. The summed E-state index contributed by atoms with van der Waals surface area (Å²) in [4.78, 5) is 0. The van der Waals surface area contributed by atoms with Crippen molar-refractivity contribution in [3.8, 4) is 0 Å². The van der Waals surface area contributed by atoms with Gasteiger partial charge in [-0.25, -0.2) is 0 Å². The maximum Gasteiger partial charge on any atom is 0.125 e. The van der Waals surface area contributed by atoms with Crippen molar-refractivity contribution in [3.63, 3.8) is 0 Å². The molecule has 0 aliphatic heterocycles. The topological polar surface area (TPSA) is 25.2 Å². The number of halogens is 1. The Kier molecular flexibility index (Phi) is 3.32. The Morgan fingerprint density at radius 3 is 2.62 bits per heavy atom. The molecule has 0 saturated heterocycles. The molecule has 1 aromatic carbocycles. The first-order valence-corrected chi connectivity index (χ1v) is 5.57. The van der Waals surface area contributed by atoms with Gasteiger partial charge in [-0.15, -0.1) is 0 Å². The van der Waals surface area contributed by atoms with Gasteiger partial charge in [0.1, 0.15) is 11.5 Å². The molecule has 1 heterocycles. The first-order valence-electron chi connectivity index (χ1n) is 5.20. The molecule has 2 nitrogen and oxygen atoms in total. The third-order valence-electron chi connectivity index (χ3n) is 2.52. The summed E-state index contributed by atoms with van der Waals surface area (Å²) >= 11 is 5.98. The Hall–Kier alpha value is -1.25. The van der Waals surface area contributed by atoms with Gasteiger partial charge in [0.05, 0.1) is 6.04 Å². The second-order valence-electron chi connectivity index (χ2n) is 3.73. The highest BCUT2D eigenvalue weighted by atomic mass is 35.5. The van der Waals surface area contributed by atoms with Gasteiger partial charge >= 0.3 is 0 Å². The summed E-state index contributed by atoms with van der Waals surface area (Å²) in [5.74, 6) is 1.82. The lowest BCUT2D eigenvalue weighted by atomic mass is 10.1. The normalized spacial score (nSPS) is 12.7. The molecule has 0 radical (unpaired) electrons. The van der Waals surface area contributed by atoms with Crippen LogP contribution in [0.1, 0.15) is 23.1 Å². The van der Waals surface area contributed by atoms with Crippen LogP contribution in [0.3, 0.4) is 0 Å². The van der Waals surface area contributed by atoms with Gasteiger partial charge in [0.15, 0.2) is 0 Å². The van der Waals surface area contributed by atoms with Crippen molar-refractivity contribution in [2.45, 2.75) is 13.0 Å². The van der Waals surface area contributed by atoms with Gasteiger partial charge in [0, 0.05) is 5.02 Å². The zero-order valence-corrected chi connectivity index (χ0v) is 10.1. The van der Waals surface area contributed by atoms with Crippen LogP contribution in [-0.2, 0) is 0 Å². The van der Waals surface area contributed by atoms with E-state index in [1.807, 2.05) is 50.4 Å². The molecule has 0 fully saturated rings. The van der Waals surface area contributed by atoms with E-state index in [9.17, 15) is 0 Å². The molecule has 1 aromatic heterocycles. The number of aryl methyl sites for hydroxylation is 1. The van der Waals surface area contributed by atoms with Crippen molar-refractivity contribution in [3.05, 3.63) is 58.5 Å². The predicted molar refractivity (Wildman–Crippen MR) is 65.8 cm³/mol. The van der Waals surface area contributed by atoms with Gasteiger partial charge in [-0.2, -0.15) is 0 Å². The van der Waals surface area contributed by atoms with Gasteiger partial charge in [-0.05, 0) is 43.8 Å². The molecule has 0 bridgehead atoms. The fraction of sp³-hybridized carbons (Fsp3) is 0.231. The summed E-state index contributed by atoms with van der Waals surface area (Å²) < 4.78 is 5.63. The van der Waals surface area contributed by atoms with Crippen LogP contribution < -0.4 is 5.32 Å². The molecule has 1 atom stereocenters. The summed E-state index contributed by atoms with van der Waals surface area (Å²) in [6, 6.07) is 11.8. The largest absolute Gasteiger partial charge is 0.464 e. The number of benzene rings is 1. The van der Waals surface area contributed by atoms with Gasteiger partial charge in [-0.3, -0.25) is 0 Å². The van der Waals surface area contributed by atoms with Crippen molar-refractivity contribution in [1.29, 1.82) is 0 Å². The molecule has 0 saturated carbocycles. The van der Waals surface area contributed by atoms with Crippen LogP contribution in [0.4, 0.5) is 0 Å². The highest BCUT2D eigenvalue weighted by molar-refractivity contribution is 6.30. The molecule has 0 aliphatic carbocycles. The standard InChI is InChI=1S/C13H14ClNO/c1-9-6-7-12(16-9)13(15-2)10-4-3-5-11(14)8-10/h3-8,13,15H,1-2H3. The van der Waals surface area contributed by atoms with Crippen LogP contribution in [0.5, 0.6) is 0 Å². The van der Waals surface area contributed by atoms with E-state index in [1.54, 1.807) is 0 Å². The second-order valence-corrected chi connectivity index (χ2v) is 4.16. The van der Waals surface area contributed by atoms with Crippen LogP contribution in [0, 0.1) is 6.92 Å². The number of furan rings is 1. The Morgan fingerprint density at radius 2 is 2.06 bits per heavy atom. The number of hydrogen-bond acceptors (Lipinski definition) is 2. The Labute approximate surface area is 100 Å². The summed E-state index contributed by atoms with van der Waals surface area (Å²) in [6.07, 6.45) is 0. The van der Waals surface area contributed by atoms with Crippen molar-refractivity contribution < 1.29 is 4.42 Å². The quantitative estimate of drug-likeness (QED) is 0.880. The molecule has 2 aromatic rings. The van der Waals surface area contributed by atoms with Crippen LogP contribution in [0.25, 0.3) is 0 Å². The molecule has 2 rings (SSSR count). The van der Waals surface area contributed by atoms with Gasteiger partial charge in [-0.1, -0.05) is 23.7 Å². The zero-order chi connectivity index (χ0) is 11.5. The fourth-order valence-corrected chi connectivity index (χ4v) is 1.97. The monoisotopic (exact) mass is 235 g/mol. The third-order valence-corrected chi connectivity index (χ3v) is 2.75. The Bertz CT molecular complexity index is 478. The van der Waals surface area contributed by atoms with Crippen LogP contribution in [0.2, 0.25) is 5.02 Å². The smallest absolute Gasteiger partial charge is 0.125 e. The van der Waals surface area contributed by atoms with Gasteiger partial charge < -0.3 is 9.73 Å². The average Bonchev–Trinajstić information content (AvgIpc) is 2.66. The van der Waals surface area contributed by atoms with Crippen molar-refractivity contribution >= 4 is 11.6 Å². The Morgan fingerprint density at radius 1 is 1.25 bits per heavy atom. The molecule has 1 N–H and O–H groups in total. The second kappa shape index (κ2) is 4.73. The molecule has 0 spiro atoms. The Balaban J connectivity index is 2.36. The van der Waals surface area contributed by atoms with E-state index in [-0.39, 0.29) is 6.04 Å².